The summed E-state index contributed by atoms with van der Waals surface area (Å²) in [6.45, 7) is 9.91. The topological polar surface area (TPSA) is 26.0 Å². The van der Waals surface area contributed by atoms with E-state index in [1.807, 2.05) is 52.8 Å². The van der Waals surface area contributed by atoms with Gasteiger partial charge < -0.3 is 4.52 Å². The van der Waals surface area contributed by atoms with Gasteiger partial charge in [0, 0.05) is 11.6 Å². The molecule has 0 unspecified atom stereocenters. The van der Waals surface area contributed by atoms with Gasteiger partial charge >= 0.3 is 0 Å². The Morgan fingerprint density at radius 3 is 2.55 bits per heavy atom. The van der Waals surface area contributed by atoms with E-state index >= 15 is 0 Å². The van der Waals surface area contributed by atoms with Gasteiger partial charge in [0.2, 0.25) is 0 Å². The van der Waals surface area contributed by atoms with Crippen molar-refractivity contribution in [1.29, 1.82) is 0 Å². The normalized spacial score (nSPS) is 12.8. The molecule has 2 nitrogen and oxygen atoms in total. The van der Waals surface area contributed by atoms with Crippen LogP contribution < -0.4 is 0 Å². The third kappa shape index (κ3) is 2.82. The molecule has 0 saturated heterocycles. The van der Waals surface area contributed by atoms with Crippen LogP contribution in [0.15, 0.2) is 34.9 Å². The second-order valence-electron chi connectivity index (χ2n) is 5.99. The Balaban J connectivity index is 2.46. The first-order valence-corrected chi connectivity index (χ1v) is 6.73. The Labute approximate surface area is 119 Å². The lowest BCUT2D eigenvalue weighted by Crippen LogP contribution is -2.13. The second kappa shape index (κ2) is 5.23. The molecule has 3 heteroatoms. The highest BCUT2D eigenvalue weighted by Crippen LogP contribution is 2.30. The minimum absolute atomic E-state index is 0.189. The number of nitrogens with zero attached hydrogens (tertiary/aromatic N) is 1. The molecule has 0 saturated carbocycles. The first kappa shape index (κ1) is 14.5. The van der Waals surface area contributed by atoms with E-state index in [1.165, 1.54) is 6.07 Å². The van der Waals surface area contributed by atoms with Gasteiger partial charge in [-0.2, -0.15) is 0 Å². The van der Waals surface area contributed by atoms with Crippen molar-refractivity contribution >= 4 is 5.57 Å². The standard InChI is InChI=1S/C17H20FNO/c1-6-11(2)15-10-16(20-19-15)12-7-8-14(18)13(9-12)17(3,4)5/h6-10H,1-5H3/b11-6+. The summed E-state index contributed by atoms with van der Waals surface area (Å²) in [5.74, 6) is 0.470. The molecule has 0 bridgehead atoms. The monoisotopic (exact) mass is 273 g/mol. The van der Waals surface area contributed by atoms with Gasteiger partial charge in [-0.25, -0.2) is 4.39 Å². The average molecular weight is 273 g/mol. The van der Waals surface area contributed by atoms with E-state index in [2.05, 4.69) is 5.16 Å². The van der Waals surface area contributed by atoms with Crippen molar-refractivity contribution in [3.8, 4) is 11.3 Å². The van der Waals surface area contributed by atoms with Crippen LogP contribution in [0.2, 0.25) is 0 Å². The van der Waals surface area contributed by atoms with Crippen LogP contribution in [0.5, 0.6) is 0 Å². The third-order valence-electron chi connectivity index (χ3n) is 3.41. The summed E-state index contributed by atoms with van der Waals surface area (Å²) in [6.07, 6.45) is 1.98. The Morgan fingerprint density at radius 1 is 1.25 bits per heavy atom. The highest BCUT2D eigenvalue weighted by molar-refractivity contribution is 5.66. The fourth-order valence-corrected chi connectivity index (χ4v) is 2.00. The number of hydrogen-bond acceptors (Lipinski definition) is 2. The molecule has 0 aliphatic rings. The van der Waals surface area contributed by atoms with Crippen LogP contribution in [0.4, 0.5) is 4.39 Å². The molecule has 0 atom stereocenters. The highest BCUT2D eigenvalue weighted by atomic mass is 19.1. The predicted octanol–water partition coefficient (Wildman–Crippen LogP) is 5.20. The van der Waals surface area contributed by atoms with Crippen LogP contribution in [0.25, 0.3) is 16.9 Å². The zero-order chi connectivity index (χ0) is 14.9. The highest BCUT2D eigenvalue weighted by Gasteiger charge is 2.20. The van der Waals surface area contributed by atoms with Crippen LogP contribution >= 0.6 is 0 Å². The van der Waals surface area contributed by atoms with Crippen molar-refractivity contribution in [2.24, 2.45) is 0 Å². The summed E-state index contributed by atoms with van der Waals surface area (Å²) in [4.78, 5) is 0. The van der Waals surface area contributed by atoms with E-state index < -0.39 is 0 Å². The van der Waals surface area contributed by atoms with Gasteiger partial charge in [-0.1, -0.05) is 32.0 Å². The molecule has 0 spiro atoms. The minimum Gasteiger partial charge on any atom is -0.356 e. The quantitative estimate of drug-likeness (QED) is 0.751. The predicted molar refractivity (Wildman–Crippen MR) is 79.9 cm³/mol. The summed E-state index contributed by atoms with van der Waals surface area (Å²) >= 11 is 0. The van der Waals surface area contributed by atoms with E-state index in [0.29, 0.717) is 11.3 Å². The number of aromatic nitrogens is 1. The Kier molecular flexibility index (Phi) is 3.80. The second-order valence-corrected chi connectivity index (χ2v) is 5.99. The lowest BCUT2D eigenvalue weighted by Gasteiger charge is -2.20. The van der Waals surface area contributed by atoms with Crippen molar-refractivity contribution in [2.45, 2.75) is 40.0 Å². The number of hydrogen-bond donors (Lipinski definition) is 0. The Morgan fingerprint density at radius 2 is 1.95 bits per heavy atom. The van der Waals surface area contributed by atoms with Crippen LogP contribution in [0.3, 0.4) is 0 Å². The van der Waals surface area contributed by atoms with E-state index in [1.54, 1.807) is 6.07 Å². The number of halogens is 1. The van der Waals surface area contributed by atoms with Crippen molar-refractivity contribution in [3.63, 3.8) is 0 Å². The molecule has 2 rings (SSSR count). The fraction of sp³-hybridized carbons (Fsp3) is 0.353. The molecule has 0 aliphatic heterocycles. The Hall–Kier alpha value is -1.90. The van der Waals surface area contributed by atoms with E-state index in [4.69, 9.17) is 4.52 Å². The van der Waals surface area contributed by atoms with E-state index in [0.717, 1.165) is 16.8 Å². The average Bonchev–Trinajstić information content (AvgIpc) is 2.86. The summed E-state index contributed by atoms with van der Waals surface area (Å²) < 4.78 is 19.3. The summed E-state index contributed by atoms with van der Waals surface area (Å²) in [7, 11) is 0. The van der Waals surface area contributed by atoms with Crippen LogP contribution in [-0.4, -0.2) is 5.16 Å². The summed E-state index contributed by atoms with van der Waals surface area (Å²) in [6, 6.07) is 6.93. The maximum absolute atomic E-state index is 13.9. The van der Waals surface area contributed by atoms with Gasteiger partial charge in [0.25, 0.3) is 0 Å². The molecule has 0 aliphatic carbocycles. The molecule has 106 valence electrons. The SMILES string of the molecule is C/C=C(\C)c1cc(-c2ccc(F)c(C(C)(C)C)c2)on1. The van der Waals surface area contributed by atoms with E-state index in [9.17, 15) is 4.39 Å². The third-order valence-corrected chi connectivity index (χ3v) is 3.41. The molecular formula is C17H20FNO. The molecule has 0 amide bonds. The van der Waals surface area contributed by atoms with Gasteiger partial charge in [-0.3, -0.25) is 0 Å². The lowest BCUT2D eigenvalue weighted by atomic mass is 9.85. The maximum atomic E-state index is 13.9. The van der Waals surface area contributed by atoms with Crippen LogP contribution in [0.1, 0.15) is 45.9 Å². The zero-order valence-electron chi connectivity index (χ0n) is 12.6. The molecular weight excluding hydrogens is 253 g/mol. The van der Waals surface area contributed by atoms with Gasteiger partial charge in [0.1, 0.15) is 11.5 Å². The van der Waals surface area contributed by atoms with Gasteiger partial charge in [0.15, 0.2) is 5.76 Å². The minimum atomic E-state index is -0.248. The van der Waals surface area contributed by atoms with E-state index in [-0.39, 0.29) is 11.2 Å². The number of benzene rings is 1. The number of rotatable bonds is 2. The molecule has 0 radical (unpaired) electrons. The molecule has 1 aromatic heterocycles. The first-order chi connectivity index (χ1) is 9.32. The maximum Gasteiger partial charge on any atom is 0.167 e. The largest absolute Gasteiger partial charge is 0.356 e. The van der Waals surface area contributed by atoms with Crippen molar-refractivity contribution in [3.05, 3.63) is 47.4 Å². The fourth-order valence-electron chi connectivity index (χ4n) is 2.00. The van der Waals surface area contributed by atoms with Crippen LogP contribution in [-0.2, 0) is 5.41 Å². The summed E-state index contributed by atoms with van der Waals surface area (Å²) in [5, 5.41) is 4.04. The molecule has 1 heterocycles. The number of allylic oxidation sites excluding steroid dienone is 2. The van der Waals surface area contributed by atoms with Gasteiger partial charge in [-0.05, 0) is 48.6 Å². The summed E-state index contributed by atoms with van der Waals surface area (Å²) in [5.41, 5.74) is 3.14. The molecule has 0 fully saturated rings. The van der Waals surface area contributed by atoms with Crippen LogP contribution in [0, 0.1) is 5.82 Å². The molecule has 2 aromatic rings. The Bertz CT molecular complexity index is 647. The van der Waals surface area contributed by atoms with Gasteiger partial charge in [-0.15, -0.1) is 0 Å². The van der Waals surface area contributed by atoms with Gasteiger partial charge in [0.05, 0.1) is 0 Å². The van der Waals surface area contributed by atoms with Crippen molar-refractivity contribution < 1.29 is 8.91 Å². The van der Waals surface area contributed by atoms with Crippen molar-refractivity contribution in [2.75, 3.05) is 0 Å². The smallest absolute Gasteiger partial charge is 0.167 e. The first-order valence-electron chi connectivity index (χ1n) is 6.73. The molecule has 0 N–H and O–H groups in total. The zero-order valence-corrected chi connectivity index (χ0v) is 12.6. The van der Waals surface area contributed by atoms with Crippen molar-refractivity contribution in [1.82, 2.24) is 5.16 Å². The molecule has 20 heavy (non-hydrogen) atoms. The molecule has 1 aromatic carbocycles. The lowest BCUT2D eigenvalue weighted by molar-refractivity contribution is 0.429.